The van der Waals surface area contributed by atoms with E-state index in [1.165, 1.54) is 6.92 Å². The number of carboxylic acids is 1. The minimum absolute atomic E-state index is 0.231. The lowest BCUT2D eigenvalue weighted by molar-refractivity contribution is -0.142. The van der Waals surface area contributed by atoms with Gasteiger partial charge < -0.3 is 25.6 Å². The molecule has 3 aromatic rings. The van der Waals surface area contributed by atoms with Crippen molar-refractivity contribution >= 4 is 34.6 Å². The van der Waals surface area contributed by atoms with Crippen LogP contribution >= 0.6 is 0 Å². The number of hydrogen-bond acceptors (Lipinski definition) is 4. The van der Waals surface area contributed by atoms with Crippen LogP contribution in [0.5, 0.6) is 0 Å². The molecule has 9 nitrogen and oxygen atoms in total. The highest BCUT2D eigenvalue weighted by molar-refractivity contribution is 6.04. The molecule has 0 saturated heterocycles. The molecule has 0 spiro atoms. The van der Waals surface area contributed by atoms with Crippen molar-refractivity contribution in [1.82, 2.24) is 20.5 Å². The average molecular weight is 489 g/mol. The van der Waals surface area contributed by atoms with Crippen molar-refractivity contribution in [3.63, 3.8) is 0 Å². The molecule has 5 rings (SSSR count). The molecule has 0 unspecified atom stereocenters. The fourth-order valence-electron chi connectivity index (χ4n) is 5.29. The first-order chi connectivity index (χ1) is 17.2. The van der Waals surface area contributed by atoms with E-state index in [-0.39, 0.29) is 11.8 Å². The van der Waals surface area contributed by atoms with Gasteiger partial charge in [0.25, 0.3) is 5.91 Å². The van der Waals surface area contributed by atoms with Crippen molar-refractivity contribution in [2.45, 2.75) is 51.4 Å². The standard InChI is InChI=1S/C27H28N4O5/c1-13(2)21(25(33)28-14(3)27(35)36)30-24(32)20-12-18-15-8-6-7-11-19(15)29-22(18)23-16-9-4-5-10-17(16)26(34)31(20)23/h4-11,13-14,20-21,23,29H,12H2,1-3H3,(H,28,33)(H,30,32)(H,35,36)/t14-,20-,21-,23+/m0/s1. The van der Waals surface area contributed by atoms with Gasteiger partial charge in [0.1, 0.15) is 18.1 Å². The number of rotatable bonds is 6. The molecule has 1 aromatic heterocycles. The molecule has 0 bridgehead atoms. The average Bonchev–Trinajstić information content (AvgIpc) is 3.37. The van der Waals surface area contributed by atoms with Crippen LogP contribution in [0.3, 0.4) is 0 Å². The summed E-state index contributed by atoms with van der Waals surface area (Å²) in [7, 11) is 0. The highest BCUT2D eigenvalue weighted by atomic mass is 16.4. The molecular formula is C27H28N4O5. The molecule has 36 heavy (non-hydrogen) atoms. The van der Waals surface area contributed by atoms with Gasteiger partial charge >= 0.3 is 5.97 Å². The van der Waals surface area contributed by atoms with Crippen molar-refractivity contribution in [2.75, 3.05) is 0 Å². The van der Waals surface area contributed by atoms with E-state index in [0.29, 0.717) is 12.0 Å². The van der Waals surface area contributed by atoms with Gasteiger partial charge in [0.2, 0.25) is 11.8 Å². The number of benzene rings is 2. The zero-order valence-electron chi connectivity index (χ0n) is 20.2. The monoisotopic (exact) mass is 488 g/mol. The quantitative estimate of drug-likeness (QED) is 0.423. The lowest BCUT2D eigenvalue weighted by Crippen LogP contribution is -2.58. The second-order valence-corrected chi connectivity index (χ2v) is 9.78. The van der Waals surface area contributed by atoms with Gasteiger partial charge in [-0.3, -0.25) is 19.2 Å². The number of H-pyrrole nitrogens is 1. The summed E-state index contributed by atoms with van der Waals surface area (Å²) in [5.41, 5.74) is 4.19. The van der Waals surface area contributed by atoms with Crippen molar-refractivity contribution < 1.29 is 24.3 Å². The summed E-state index contributed by atoms with van der Waals surface area (Å²) < 4.78 is 0. The fourth-order valence-corrected chi connectivity index (χ4v) is 5.29. The number of carbonyl (C=O) groups is 4. The number of amides is 3. The topological polar surface area (TPSA) is 132 Å². The Balaban J connectivity index is 1.52. The van der Waals surface area contributed by atoms with Gasteiger partial charge in [-0.1, -0.05) is 50.2 Å². The number of hydrogen-bond donors (Lipinski definition) is 4. The number of nitrogens with zero attached hydrogens (tertiary/aromatic N) is 1. The highest BCUT2D eigenvalue weighted by Crippen LogP contribution is 2.46. The predicted octanol–water partition coefficient (Wildman–Crippen LogP) is 2.37. The Morgan fingerprint density at radius 2 is 1.72 bits per heavy atom. The minimum atomic E-state index is -1.17. The Kier molecular flexibility index (Phi) is 5.78. The van der Waals surface area contributed by atoms with Gasteiger partial charge in [-0.25, -0.2) is 0 Å². The third-order valence-electron chi connectivity index (χ3n) is 7.13. The van der Waals surface area contributed by atoms with Crippen molar-refractivity contribution in [3.05, 3.63) is 70.9 Å². The molecule has 4 N–H and O–H groups in total. The molecular weight excluding hydrogens is 460 g/mol. The van der Waals surface area contributed by atoms with E-state index in [1.54, 1.807) is 30.9 Å². The maximum Gasteiger partial charge on any atom is 0.325 e. The molecule has 3 amide bonds. The van der Waals surface area contributed by atoms with Gasteiger partial charge in [0.05, 0.1) is 6.04 Å². The van der Waals surface area contributed by atoms with Crippen LogP contribution in [0.15, 0.2) is 48.5 Å². The smallest absolute Gasteiger partial charge is 0.325 e. The maximum atomic E-state index is 13.7. The summed E-state index contributed by atoms with van der Waals surface area (Å²) in [4.78, 5) is 56.4. The largest absolute Gasteiger partial charge is 0.480 e. The summed E-state index contributed by atoms with van der Waals surface area (Å²) in [6, 6.07) is 11.9. The third kappa shape index (κ3) is 3.71. The molecule has 2 aliphatic heterocycles. The predicted molar refractivity (Wildman–Crippen MR) is 132 cm³/mol. The minimum Gasteiger partial charge on any atom is -0.480 e. The van der Waals surface area contributed by atoms with Gasteiger partial charge in [0, 0.05) is 28.6 Å². The molecule has 3 heterocycles. The zero-order chi connectivity index (χ0) is 25.7. The molecule has 4 atom stereocenters. The van der Waals surface area contributed by atoms with E-state index in [4.69, 9.17) is 5.11 Å². The summed E-state index contributed by atoms with van der Waals surface area (Å²) >= 11 is 0. The molecule has 2 aromatic carbocycles. The first-order valence-corrected chi connectivity index (χ1v) is 12.0. The summed E-state index contributed by atoms with van der Waals surface area (Å²) in [6.07, 6.45) is 0.291. The van der Waals surface area contributed by atoms with Crippen LogP contribution in [-0.2, 0) is 20.8 Å². The lowest BCUT2D eigenvalue weighted by Gasteiger charge is -2.38. The second kappa shape index (κ2) is 8.82. The van der Waals surface area contributed by atoms with Crippen LogP contribution in [0.4, 0.5) is 0 Å². The van der Waals surface area contributed by atoms with Crippen LogP contribution in [0.25, 0.3) is 10.9 Å². The second-order valence-electron chi connectivity index (χ2n) is 9.78. The van der Waals surface area contributed by atoms with E-state index >= 15 is 0 Å². The number of carbonyl (C=O) groups excluding carboxylic acids is 3. The van der Waals surface area contributed by atoms with Crippen LogP contribution in [0.2, 0.25) is 0 Å². The summed E-state index contributed by atoms with van der Waals surface area (Å²) in [5, 5.41) is 15.4. The molecule has 0 fully saturated rings. The third-order valence-corrected chi connectivity index (χ3v) is 7.13. The van der Waals surface area contributed by atoms with E-state index in [0.717, 1.165) is 27.7 Å². The van der Waals surface area contributed by atoms with Crippen molar-refractivity contribution in [2.24, 2.45) is 5.92 Å². The summed E-state index contributed by atoms with van der Waals surface area (Å²) in [5.74, 6) is -2.73. The number of aromatic amines is 1. The van der Waals surface area contributed by atoms with Crippen LogP contribution in [0, 0.1) is 5.92 Å². The van der Waals surface area contributed by atoms with E-state index in [9.17, 15) is 19.2 Å². The summed E-state index contributed by atoms with van der Waals surface area (Å²) in [6.45, 7) is 4.91. The molecule has 0 saturated carbocycles. The number of aromatic nitrogens is 1. The van der Waals surface area contributed by atoms with Gasteiger partial charge in [-0.15, -0.1) is 0 Å². The van der Waals surface area contributed by atoms with Crippen LogP contribution < -0.4 is 10.6 Å². The SMILES string of the molecule is CC(C)[C@H](NC(=O)[C@@H]1Cc2c([nH]c3ccccc23)[C@H]2c3ccccc3C(=O)N21)C(=O)N[C@@H](C)C(=O)O. The Morgan fingerprint density at radius 1 is 1.03 bits per heavy atom. The Bertz CT molecular complexity index is 1390. The van der Waals surface area contributed by atoms with E-state index < -0.39 is 42.0 Å². The molecule has 0 aliphatic carbocycles. The molecule has 9 heteroatoms. The number of aliphatic carboxylic acids is 1. The number of carboxylic acid groups (broad SMARTS) is 1. The van der Waals surface area contributed by atoms with Crippen LogP contribution in [-0.4, -0.2) is 56.8 Å². The fraction of sp³-hybridized carbons (Fsp3) is 0.333. The van der Waals surface area contributed by atoms with Gasteiger partial charge in [0.15, 0.2) is 0 Å². The van der Waals surface area contributed by atoms with Crippen molar-refractivity contribution in [3.8, 4) is 0 Å². The van der Waals surface area contributed by atoms with E-state index in [1.807, 2.05) is 36.4 Å². The first kappa shape index (κ1) is 23.6. The molecule has 0 radical (unpaired) electrons. The molecule has 186 valence electrons. The van der Waals surface area contributed by atoms with Gasteiger partial charge in [-0.2, -0.15) is 0 Å². The Labute approximate surface area is 207 Å². The number of fused-ring (bicyclic) bond motifs is 7. The lowest BCUT2D eigenvalue weighted by atomic mass is 9.89. The van der Waals surface area contributed by atoms with E-state index in [2.05, 4.69) is 15.6 Å². The van der Waals surface area contributed by atoms with Gasteiger partial charge in [-0.05, 0) is 36.1 Å². The first-order valence-electron chi connectivity index (χ1n) is 12.0. The normalized spacial score (nSPS) is 19.9. The van der Waals surface area contributed by atoms with Crippen molar-refractivity contribution in [1.29, 1.82) is 0 Å². The maximum absolute atomic E-state index is 13.7. The Hall–Kier alpha value is -4.14. The van der Waals surface area contributed by atoms with Crippen LogP contribution in [0.1, 0.15) is 54.0 Å². The zero-order valence-corrected chi connectivity index (χ0v) is 20.2. The molecule has 2 aliphatic rings. The highest BCUT2D eigenvalue weighted by Gasteiger charge is 2.49. The Morgan fingerprint density at radius 3 is 2.44 bits per heavy atom. The number of para-hydroxylation sites is 1. The number of nitrogens with one attached hydrogen (secondary N) is 3.